The van der Waals surface area contributed by atoms with Crippen molar-refractivity contribution in [2.24, 2.45) is 0 Å². The average Bonchev–Trinajstić information content (AvgIpc) is 1.38. The summed E-state index contributed by atoms with van der Waals surface area (Å²) < 4.78 is 3.43. The summed E-state index contributed by atoms with van der Waals surface area (Å²) in [5.41, 5.74) is 0. The molecule has 0 N–H and O–H groups in total. The molecule has 0 heterocycles. The van der Waals surface area contributed by atoms with Crippen LogP contribution >= 0.6 is 0 Å². The largest absolute Gasteiger partial charge is 1.00 e. The van der Waals surface area contributed by atoms with E-state index in [1.165, 1.54) is 0 Å². The van der Waals surface area contributed by atoms with Crippen LogP contribution in [-0.4, -0.2) is 22.5 Å². The molecule has 0 aliphatic heterocycles. The molecule has 0 fully saturated rings. The Bertz CT molecular complexity index is 48.2. The predicted octanol–water partition coefficient (Wildman–Crippen LogP) is -7.56. The van der Waals surface area contributed by atoms with Crippen molar-refractivity contribution < 1.29 is 72.8 Å². The van der Waals surface area contributed by atoms with E-state index in [1.807, 2.05) is 0 Å². The minimum absolute atomic E-state index is 0. The molecule has 30 valence electrons. The maximum absolute atomic E-state index is 9.00. The van der Waals surface area contributed by atoms with Crippen molar-refractivity contribution in [1.82, 2.24) is 0 Å². The van der Waals surface area contributed by atoms with Gasteiger partial charge in [-0.2, -0.15) is 0 Å². The molecule has 0 aromatic rings. The Hall–Kier alpha value is 1.79. The van der Waals surface area contributed by atoms with Crippen molar-refractivity contribution >= 4 is 22.5 Å². The molecular formula is CNa2O3Se. The fraction of sp³-hybridized carbons (Fsp3) is 0. The summed E-state index contributed by atoms with van der Waals surface area (Å²) in [7, 11) is 0. The van der Waals surface area contributed by atoms with Crippen molar-refractivity contribution in [3.63, 3.8) is 0 Å². The van der Waals surface area contributed by atoms with Gasteiger partial charge < -0.3 is 0 Å². The van der Waals surface area contributed by atoms with E-state index in [0.717, 1.165) is 0 Å². The van der Waals surface area contributed by atoms with Crippen LogP contribution in [-0.2, 0) is 3.82 Å². The van der Waals surface area contributed by atoms with E-state index >= 15 is 0 Å². The summed E-state index contributed by atoms with van der Waals surface area (Å²) in [5.74, 6) is 0. The second-order valence-corrected chi connectivity index (χ2v) is 0.683. The third-order valence-electron chi connectivity index (χ3n) is 0.0680. The van der Waals surface area contributed by atoms with Crippen molar-refractivity contribution in [2.75, 3.05) is 0 Å². The summed E-state index contributed by atoms with van der Waals surface area (Å²) in [4.78, 5) is 9.00. The van der Waals surface area contributed by atoms with Gasteiger partial charge in [0.25, 0.3) is 0 Å². The standard InChI is InChI=1S/CH2O3Se.2Na/c2-1(3)4-5;;/h5H,(H,2,3);;/q;2*+1/p-2. The molecular weight excluding hydrogens is 185 g/mol. The van der Waals surface area contributed by atoms with Crippen LogP contribution in [0.3, 0.4) is 0 Å². The minimum Gasteiger partial charge on any atom is 1.00 e. The number of carboxylic acid groups (broad SMARTS) is 1. The van der Waals surface area contributed by atoms with Crippen LogP contribution in [0.4, 0.5) is 4.79 Å². The first-order valence-electron chi connectivity index (χ1n) is 0.779. The zero-order valence-corrected chi connectivity index (χ0v) is 9.85. The van der Waals surface area contributed by atoms with Gasteiger partial charge in [-0.15, -0.1) is 0 Å². The summed E-state index contributed by atoms with van der Waals surface area (Å²) >= 11 is 1.78. The van der Waals surface area contributed by atoms with Crippen LogP contribution in [0, 0.1) is 0 Å². The topological polar surface area (TPSA) is 49.4 Å². The predicted molar refractivity (Wildman–Crippen MR) is 12.2 cm³/mol. The molecule has 6 heteroatoms. The van der Waals surface area contributed by atoms with E-state index in [9.17, 15) is 0 Å². The first-order valence-corrected chi connectivity index (χ1v) is 1.48. The van der Waals surface area contributed by atoms with Gasteiger partial charge in [-0.05, 0) is 0 Å². The van der Waals surface area contributed by atoms with Gasteiger partial charge in [-0.3, -0.25) is 0 Å². The van der Waals surface area contributed by atoms with Crippen molar-refractivity contribution in [3.8, 4) is 0 Å². The van der Waals surface area contributed by atoms with Crippen LogP contribution in [0.5, 0.6) is 0 Å². The number of carbonyl (C=O) groups excluding carboxylic acids is 1. The van der Waals surface area contributed by atoms with Crippen LogP contribution < -0.4 is 64.2 Å². The first kappa shape index (κ1) is 15.9. The molecule has 0 aliphatic rings. The average molecular weight is 185 g/mol. The van der Waals surface area contributed by atoms with E-state index in [4.69, 9.17) is 9.90 Å². The van der Waals surface area contributed by atoms with Gasteiger partial charge in [0.2, 0.25) is 0 Å². The smallest absolute Gasteiger partial charge is 1.00 e. The molecule has 0 atom stereocenters. The molecule has 0 aromatic carbocycles. The van der Waals surface area contributed by atoms with Crippen LogP contribution in [0.1, 0.15) is 0 Å². The Labute approximate surface area is 93.9 Å². The molecule has 7 heavy (non-hydrogen) atoms. The Kier molecular flexibility index (Phi) is 24.4. The van der Waals surface area contributed by atoms with Crippen LogP contribution in [0.2, 0.25) is 0 Å². The van der Waals surface area contributed by atoms with Gasteiger partial charge >= 0.3 is 95.3 Å². The van der Waals surface area contributed by atoms with Gasteiger partial charge in [0.1, 0.15) is 0 Å². The van der Waals surface area contributed by atoms with E-state index in [-0.39, 0.29) is 59.1 Å². The van der Waals surface area contributed by atoms with Gasteiger partial charge in [-0.1, -0.05) is 0 Å². The minimum atomic E-state index is -1.55. The zero-order valence-electron chi connectivity index (χ0n) is 4.13. The molecule has 0 amide bonds. The molecule has 0 aromatic heterocycles. The SMILES string of the molecule is O=C([O-])O[Se-].[Na+].[Na+]. The van der Waals surface area contributed by atoms with Gasteiger partial charge in [0.05, 0.1) is 0 Å². The third-order valence-corrected chi connectivity index (χ3v) is 0.354. The third kappa shape index (κ3) is 18.2. The monoisotopic (exact) mass is 186 g/mol. The van der Waals surface area contributed by atoms with Crippen molar-refractivity contribution in [3.05, 3.63) is 0 Å². The Balaban J connectivity index is -0.0000000800. The van der Waals surface area contributed by atoms with Gasteiger partial charge in [0.15, 0.2) is 0 Å². The number of rotatable bonds is 0. The summed E-state index contributed by atoms with van der Waals surface area (Å²) in [6.07, 6.45) is -1.55. The van der Waals surface area contributed by atoms with E-state index in [2.05, 4.69) is 3.82 Å². The van der Waals surface area contributed by atoms with Crippen LogP contribution in [0.25, 0.3) is 0 Å². The molecule has 3 nitrogen and oxygen atoms in total. The molecule has 0 aliphatic carbocycles. The quantitative estimate of drug-likeness (QED) is 0.352. The summed E-state index contributed by atoms with van der Waals surface area (Å²) in [6.45, 7) is 0. The fourth-order valence-corrected chi connectivity index (χ4v) is 0. The van der Waals surface area contributed by atoms with Gasteiger partial charge in [0, 0.05) is 0 Å². The van der Waals surface area contributed by atoms with Crippen LogP contribution in [0.15, 0.2) is 0 Å². The molecule has 0 bridgehead atoms. The number of hydrogen-bond acceptors (Lipinski definition) is 3. The van der Waals surface area contributed by atoms with E-state index in [1.54, 1.807) is 16.3 Å². The second-order valence-electron chi connectivity index (χ2n) is 0.333. The maximum Gasteiger partial charge on any atom is 1.00 e. The molecule has 0 unspecified atom stereocenters. The first-order chi connectivity index (χ1) is 2.27. The molecule has 0 spiro atoms. The molecule has 0 saturated carbocycles. The van der Waals surface area contributed by atoms with E-state index in [0.29, 0.717) is 0 Å². The number of carbonyl (C=O) groups is 1. The maximum atomic E-state index is 9.00. The van der Waals surface area contributed by atoms with Crippen molar-refractivity contribution in [2.45, 2.75) is 0 Å². The van der Waals surface area contributed by atoms with Gasteiger partial charge in [-0.25, -0.2) is 0 Å². The summed E-state index contributed by atoms with van der Waals surface area (Å²) in [6, 6.07) is 0. The zero-order chi connectivity index (χ0) is 4.28. The van der Waals surface area contributed by atoms with Crippen molar-refractivity contribution in [1.29, 1.82) is 0 Å². The normalized spacial score (nSPS) is 4.71. The Morgan fingerprint density at radius 1 is 1.57 bits per heavy atom. The number of hydrogen-bond donors (Lipinski definition) is 0. The second kappa shape index (κ2) is 10.7. The summed E-state index contributed by atoms with van der Waals surface area (Å²) in [5, 5.41) is 9.00. The molecule has 0 rings (SSSR count). The fourth-order valence-electron chi connectivity index (χ4n) is 0. The molecule has 0 radical (unpaired) electrons. The Morgan fingerprint density at radius 2 is 1.71 bits per heavy atom. The Morgan fingerprint density at radius 3 is 1.71 bits per heavy atom. The molecule has 0 saturated heterocycles. The van der Waals surface area contributed by atoms with E-state index < -0.39 is 6.16 Å².